The van der Waals surface area contributed by atoms with E-state index in [-0.39, 0.29) is 5.91 Å². The van der Waals surface area contributed by atoms with Crippen molar-refractivity contribution in [1.82, 2.24) is 4.90 Å². The normalized spacial score (nSPS) is 19.2. The SMILES string of the molecule is NC(=O)CCc1ccc(CC2CCN(C(=O)CC3CCCCC3)CC2)cc1. The minimum atomic E-state index is -0.246. The van der Waals surface area contributed by atoms with Gasteiger partial charge in [-0.2, -0.15) is 0 Å². The third kappa shape index (κ3) is 6.37. The van der Waals surface area contributed by atoms with Gasteiger partial charge in [0.2, 0.25) is 11.8 Å². The highest BCUT2D eigenvalue weighted by Gasteiger charge is 2.25. The fourth-order valence-electron chi connectivity index (χ4n) is 4.60. The lowest BCUT2D eigenvalue weighted by molar-refractivity contribution is -0.133. The molecule has 0 radical (unpaired) electrons. The summed E-state index contributed by atoms with van der Waals surface area (Å²) in [5, 5.41) is 0. The molecule has 4 nitrogen and oxygen atoms in total. The highest BCUT2D eigenvalue weighted by atomic mass is 16.2. The molecule has 1 aromatic rings. The van der Waals surface area contributed by atoms with Crippen LogP contribution >= 0.6 is 0 Å². The third-order valence-electron chi connectivity index (χ3n) is 6.36. The number of nitrogens with two attached hydrogens (primary N) is 1. The first-order valence-corrected chi connectivity index (χ1v) is 10.7. The van der Waals surface area contributed by atoms with Crippen molar-refractivity contribution in [1.29, 1.82) is 0 Å². The molecule has 0 bridgehead atoms. The Kier molecular flexibility index (Phi) is 7.31. The van der Waals surface area contributed by atoms with Crippen LogP contribution < -0.4 is 5.73 Å². The van der Waals surface area contributed by atoms with Crippen molar-refractivity contribution in [2.75, 3.05) is 13.1 Å². The van der Waals surface area contributed by atoms with Crippen LogP contribution in [0.5, 0.6) is 0 Å². The van der Waals surface area contributed by atoms with E-state index in [1.165, 1.54) is 43.2 Å². The van der Waals surface area contributed by atoms with E-state index in [2.05, 4.69) is 29.2 Å². The second kappa shape index (κ2) is 9.91. The Hall–Kier alpha value is -1.84. The summed E-state index contributed by atoms with van der Waals surface area (Å²) >= 11 is 0. The second-order valence-electron chi connectivity index (χ2n) is 8.52. The van der Waals surface area contributed by atoms with Crippen molar-refractivity contribution in [3.63, 3.8) is 0 Å². The monoisotopic (exact) mass is 370 g/mol. The number of aryl methyl sites for hydroxylation is 1. The van der Waals surface area contributed by atoms with Crippen LogP contribution in [0.15, 0.2) is 24.3 Å². The molecule has 148 valence electrons. The van der Waals surface area contributed by atoms with Crippen molar-refractivity contribution in [2.24, 2.45) is 17.6 Å². The minimum absolute atomic E-state index is 0.246. The molecule has 1 saturated carbocycles. The molecule has 2 amide bonds. The third-order valence-corrected chi connectivity index (χ3v) is 6.36. The molecule has 0 spiro atoms. The first-order valence-electron chi connectivity index (χ1n) is 10.7. The largest absolute Gasteiger partial charge is 0.370 e. The van der Waals surface area contributed by atoms with Gasteiger partial charge in [0.05, 0.1) is 0 Å². The van der Waals surface area contributed by atoms with E-state index in [1.54, 1.807) is 0 Å². The maximum absolute atomic E-state index is 12.6. The summed E-state index contributed by atoms with van der Waals surface area (Å²) in [6.07, 6.45) is 11.7. The maximum atomic E-state index is 12.6. The number of hydrogen-bond donors (Lipinski definition) is 1. The van der Waals surface area contributed by atoms with Gasteiger partial charge in [-0.25, -0.2) is 0 Å². The van der Waals surface area contributed by atoms with E-state index in [0.29, 0.717) is 24.2 Å². The predicted octanol–water partition coefficient (Wildman–Crippen LogP) is 3.86. The van der Waals surface area contributed by atoms with Gasteiger partial charge in [0.1, 0.15) is 0 Å². The zero-order chi connectivity index (χ0) is 19.1. The molecule has 0 unspecified atom stereocenters. The topological polar surface area (TPSA) is 63.4 Å². The fourth-order valence-corrected chi connectivity index (χ4v) is 4.60. The van der Waals surface area contributed by atoms with E-state index in [9.17, 15) is 9.59 Å². The van der Waals surface area contributed by atoms with Crippen LogP contribution in [0.3, 0.4) is 0 Å². The molecule has 4 heteroatoms. The maximum Gasteiger partial charge on any atom is 0.222 e. The van der Waals surface area contributed by atoms with Crippen LogP contribution in [-0.4, -0.2) is 29.8 Å². The number of amides is 2. The second-order valence-corrected chi connectivity index (χ2v) is 8.52. The smallest absolute Gasteiger partial charge is 0.222 e. The van der Waals surface area contributed by atoms with E-state index < -0.39 is 0 Å². The van der Waals surface area contributed by atoms with Crippen LogP contribution in [0.2, 0.25) is 0 Å². The average molecular weight is 371 g/mol. The molecule has 1 heterocycles. The summed E-state index contributed by atoms with van der Waals surface area (Å²) in [6.45, 7) is 1.85. The van der Waals surface area contributed by atoms with Gasteiger partial charge in [0.15, 0.2) is 0 Å². The van der Waals surface area contributed by atoms with Crippen molar-refractivity contribution in [2.45, 2.75) is 70.6 Å². The quantitative estimate of drug-likeness (QED) is 0.792. The summed E-state index contributed by atoms with van der Waals surface area (Å²) in [7, 11) is 0. The molecular formula is C23H34N2O2. The molecule has 1 aromatic carbocycles. The van der Waals surface area contributed by atoms with Crippen molar-refractivity contribution >= 4 is 11.8 Å². The van der Waals surface area contributed by atoms with Gasteiger partial charge in [0, 0.05) is 25.9 Å². The minimum Gasteiger partial charge on any atom is -0.370 e. The van der Waals surface area contributed by atoms with Gasteiger partial charge in [-0.05, 0) is 61.5 Å². The van der Waals surface area contributed by atoms with Crippen LogP contribution in [0.4, 0.5) is 0 Å². The zero-order valence-corrected chi connectivity index (χ0v) is 16.5. The van der Waals surface area contributed by atoms with Crippen molar-refractivity contribution in [3.8, 4) is 0 Å². The highest BCUT2D eigenvalue weighted by molar-refractivity contribution is 5.76. The molecule has 2 aliphatic rings. The average Bonchev–Trinajstić information content (AvgIpc) is 2.69. The Labute approximate surface area is 163 Å². The number of nitrogens with zero attached hydrogens (tertiary/aromatic N) is 1. The van der Waals surface area contributed by atoms with E-state index >= 15 is 0 Å². The number of carbonyl (C=O) groups is 2. The van der Waals surface area contributed by atoms with Gasteiger partial charge < -0.3 is 10.6 Å². The standard InChI is InChI=1S/C23H34N2O2/c24-22(26)11-10-18-6-8-20(9-7-18)16-21-12-14-25(15-13-21)23(27)17-19-4-2-1-3-5-19/h6-9,19,21H,1-5,10-17H2,(H2,24,26). The van der Waals surface area contributed by atoms with E-state index in [1.807, 2.05) is 0 Å². The van der Waals surface area contributed by atoms with Crippen LogP contribution in [0.25, 0.3) is 0 Å². The Morgan fingerprint density at radius 1 is 0.889 bits per heavy atom. The molecule has 0 atom stereocenters. The zero-order valence-electron chi connectivity index (χ0n) is 16.5. The molecule has 27 heavy (non-hydrogen) atoms. The first kappa shape index (κ1) is 19.9. The number of rotatable bonds is 7. The van der Waals surface area contributed by atoms with Gasteiger partial charge in [-0.3, -0.25) is 9.59 Å². The lowest BCUT2D eigenvalue weighted by Gasteiger charge is -2.33. The van der Waals surface area contributed by atoms with E-state index in [0.717, 1.165) is 45.2 Å². The molecule has 0 aromatic heterocycles. The van der Waals surface area contributed by atoms with Crippen molar-refractivity contribution < 1.29 is 9.59 Å². The lowest BCUT2D eigenvalue weighted by Crippen LogP contribution is -2.39. The number of likely N-dealkylation sites (tertiary alicyclic amines) is 1. The molecule has 2 fully saturated rings. The van der Waals surface area contributed by atoms with Crippen LogP contribution in [0.1, 0.15) is 68.9 Å². The Morgan fingerprint density at radius 3 is 2.15 bits per heavy atom. The predicted molar refractivity (Wildman–Crippen MR) is 108 cm³/mol. The Balaban J connectivity index is 1.39. The molecule has 2 N–H and O–H groups in total. The van der Waals surface area contributed by atoms with Crippen LogP contribution in [0, 0.1) is 11.8 Å². The number of benzene rings is 1. The van der Waals surface area contributed by atoms with Gasteiger partial charge in [-0.15, -0.1) is 0 Å². The summed E-state index contributed by atoms with van der Waals surface area (Å²) < 4.78 is 0. The van der Waals surface area contributed by atoms with Crippen LogP contribution in [-0.2, 0) is 22.4 Å². The first-order chi connectivity index (χ1) is 13.1. The van der Waals surface area contributed by atoms with E-state index in [4.69, 9.17) is 5.73 Å². The van der Waals surface area contributed by atoms with Gasteiger partial charge in [0.25, 0.3) is 0 Å². The number of piperidine rings is 1. The molecular weight excluding hydrogens is 336 g/mol. The molecule has 1 saturated heterocycles. The lowest BCUT2D eigenvalue weighted by atomic mass is 9.86. The number of primary amides is 1. The molecule has 3 rings (SSSR count). The Bertz CT molecular complexity index is 612. The summed E-state index contributed by atoms with van der Waals surface area (Å²) in [5.41, 5.74) is 7.73. The molecule has 1 aliphatic heterocycles. The number of carbonyl (C=O) groups excluding carboxylic acids is 2. The fraction of sp³-hybridized carbons (Fsp3) is 0.652. The van der Waals surface area contributed by atoms with Crippen molar-refractivity contribution in [3.05, 3.63) is 35.4 Å². The Morgan fingerprint density at radius 2 is 1.52 bits per heavy atom. The van der Waals surface area contributed by atoms with Gasteiger partial charge >= 0.3 is 0 Å². The summed E-state index contributed by atoms with van der Waals surface area (Å²) in [6, 6.07) is 8.58. The number of hydrogen-bond acceptors (Lipinski definition) is 2. The summed E-state index contributed by atoms with van der Waals surface area (Å²) in [5.74, 6) is 1.44. The molecule has 1 aliphatic carbocycles. The summed E-state index contributed by atoms with van der Waals surface area (Å²) in [4.78, 5) is 25.6. The van der Waals surface area contributed by atoms with Gasteiger partial charge in [-0.1, -0.05) is 43.5 Å². The highest BCUT2D eigenvalue weighted by Crippen LogP contribution is 2.28.